The summed E-state index contributed by atoms with van der Waals surface area (Å²) in [5.74, 6) is 5.39. The van der Waals surface area contributed by atoms with E-state index in [1.165, 1.54) is 0 Å². The Morgan fingerprint density at radius 1 is 1.73 bits per heavy atom. The Labute approximate surface area is 64.3 Å². The predicted molar refractivity (Wildman–Crippen MR) is 40.5 cm³/mol. The van der Waals surface area contributed by atoms with E-state index in [2.05, 4.69) is 15.4 Å². The Balaban J connectivity index is 3.02. The summed E-state index contributed by atoms with van der Waals surface area (Å²) in [6.45, 7) is 1.73. The van der Waals surface area contributed by atoms with E-state index in [0.717, 1.165) is 5.56 Å². The molecule has 0 aliphatic heterocycles. The summed E-state index contributed by atoms with van der Waals surface area (Å²) in [4.78, 5) is 7.76. The molecule has 0 fully saturated rings. The number of nitrogens with zero attached hydrogens (tertiary/aromatic N) is 2. The van der Waals surface area contributed by atoms with Gasteiger partial charge in [-0.05, 0) is 12.5 Å². The number of hydrogen-bond donors (Lipinski definition) is 3. The van der Waals surface area contributed by atoms with Crippen LogP contribution in [-0.2, 0) is 6.61 Å². The van der Waals surface area contributed by atoms with Gasteiger partial charge in [-0.25, -0.2) is 15.8 Å². The van der Waals surface area contributed by atoms with Gasteiger partial charge in [0.1, 0.15) is 0 Å². The molecule has 0 aromatic carbocycles. The van der Waals surface area contributed by atoms with Crippen molar-refractivity contribution in [3.63, 3.8) is 0 Å². The molecule has 0 bridgehead atoms. The smallest absolute Gasteiger partial charge is 0.237 e. The molecule has 4 N–H and O–H groups in total. The van der Waals surface area contributed by atoms with Crippen LogP contribution in [0.25, 0.3) is 0 Å². The van der Waals surface area contributed by atoms with Crippen LogP contribution < -0.4 is 11.3 Å². The second-order valence-corrected chi connectivity index (χ2v) is 2.13. The lowest BCUT2D eigenvalue weighted by molar-refractivity contribution is 0.276. The first kappa shape index (κ1) is 7.90. The number of aliphatic hydroxyl groups excluding tert-OH is 1. The first-order chi connectivity index (χ1) is 5.27. The summed E-state index contributed by atoms with van der Waals surface area (Å²) in [5, 5.41) is 8.78. The number of nitrogen functional groups attached to an aromatic ring is 1. The second-order valence-electron chi connectivity index (χ2n) is 2.13. The van der Waals surface area contributed by atoms with Gasteiger partial charge in [-0.2, -0.15) is 0 Å². The van der Waals surface area contributed by atoms with Crippen LogP contribution >= 0.6 is 0 Å². The van der Waals surface area contributed by atoms with Crippen molar-refractivity contribution in [3.05, 3.63) is 17.5 Å². The molecule has 1 rings (SSSR count). The average molecular weight is 154 g/mol. The largest absolute Gasteiger partial charge is 0.390 e. The number of hydrogen-bond acceptors (Lipinski definition) is 5. The molecule has 0 aliphatic rings. The fourth-order valence-electron chi connectivity index (χ4n) is 0.707. The molecule has 60 valence electrons. The maximum absolute atomic E-state index is 8.78. The Morgan fingerprint density at radius 3 is 3.00 bits per heavy atom. The fourth-order valence-corrected chi connectivity index (χ4v) is 0.707. The van der Waals surface area contributed by atoms with Crippen molar-refractivity contribution in [2.75, 3.05) is 5.43 Å². The van der Waals surface area contributed by atoms with Gasteiger partial charge in [0, 0.05) is 6.20 Å². The molecule has 0 atom stereocenters. The fraction of sp³-hybridized carbons (Fsp3) is 0.333. The Kier molecular flexibility index (Phi) is 2.35. The molecule has 0 unspecified atom stereocenters. The van der Waals surface area contributed by atoms with E-state index in [-0.39, 0.29) is 6.61 Å². The van der Waals surface area contributed by atoms with Crippen LogP contribution in [0.1, 0.15) is 11.3 Å². The highest BCUT2D eigenvalue weighted by Gasteiger charge is 1.99. The van der Waals surface area contributed by atoms with Gasteiger partial charge in [0.15, 0.2) is 0 Å². The molecule has 0 amide bonds. The molecule has 0 aliphatic carbocycles. The molecular formula is C6H10N4O. The minimum atomic E-state index is -0.0942. The van der Waals surface area contributed by atoms with E-state index >= 15 is 0 Å². The van der Waals surface area contributed by atoms with Crippen LogP contribution in [0.4, 0.5) is 5.95 Å². The molecule has 0 saturated heterocycles. The van der Waals surface area contributed by atoms with Crippen molar-refractivity contribution in [2.24, 2.45) is 5.84 Å². The zero-order valence-corrected chi connectivity index (χ0v) is 6.20. The third-order valence-corrected chi connectivity index (χ3v) is 1.36. The van der Waals surface area contributed by atoms with E-state index in [1.807, 2.05) is 6.92 Å². The number of aromatic nitrogens is 2. The standard InChI is InChI=1S/C6H10N4O/c1-4-2-8-6(10-7)9-5(4)3-11/h2,11H,3,7H2,1H3,(H,8,9,10). The Bertz CT molecular complexity index is 250. The first-order valence-electron chi connectivity index (χ1n) is 3.18. The van der Waals surface area contributed by atoms with Crippen LogP contribution in [0, 0.1) is 6.92 Å². The third-order valence-electron chi connectivity index (χ3n) is 1.36. The summed E-state index contributed by atoms with van der Waals surface area (Å²) < 4.78 is 0. The van der Waals surface area contributed by atoms with Crippen molar-refractivity contribution in [3.8, 4) is 0 Å². The number of aliphatic hydroxyl groups is 1. The van der Waals surface area contributed by atoms with Crippen LogP contribution in [-0.4, -0.2) is 15.1 Å². The minimum Gasteiger partial charge on any atom is -0.390 e. The van der Waals surface area contributed by atoms with Crippen molar-refractivity contribution in [1.29, 1.82) is 0 Å². The van der Waals surface area contributed by atoms with E-state index in [9.17, 15) is 0 Å². The molecular weight excluding hydrogens is 144 g/mol. The maximum Gasteiger partial charge on any atom is 0.237 e. The molecule has 1 aromatic rings. The highest BCUT2D eigenvalue weighted by atomic mass is 16.3. The molecule has 1 aromatic heterocycles. The summed E-state index contributed by atoms with van der Waals surface area (Å²) in [5.41, 5.74) is 3.74. The van der Waals surface area contributed by atoms with Crippen LogP contribution in [0.15, 0.2) is 6.20 Å². The topological polar surface area (TPSA) is 84.1 Å². The van der Waals surface area contributed by atoms with E-state index < -0.39 is 0 Å². The lowest BCUT2D eigenvalue weighted by Crippen LogP contribution is -2.11. The van der Waals surface area contributed by atoms with Gasteiger partial charge in [-0.3, -0.25) is 5.43 Å². The van der Waals surface area contributed by atoms with E-state index in [0.29, 0.717) is 11.6 Å². The summed E-state index contributed by atoms with van der Waals surface area (Å²) >= 11 is 0. The summed E-state index contributed by atoms with van der Waals surface area (Å²) in [7, 11) is 0. The van der Waals surface area contributed by atoms with Crippen molar-refractivity contribution >= 4 is 5.95 Å². The van der Waals surface area contributed by atoms with Gasteiger partial charge in [0.05, 0.1) is 12.3 Å². The number of nitrogens with two attached hydrogens (primary N) is 1. The van der Waals surface area contributed by atoms with Crippen molar-refractivity contribution in [2.45, 2.75) is 13.5 Å². The van der Waals surface area contributed by atoms with E-state index in [4.69, 9.17) is 10.9 Å². The predicted octanol–water partition coefficient (Wildman–Crippen LogP) is -0.437. The molecule has 1 heterocycles. The minimum absolute atomic E-state index is 0.0942. The SMILES string of the molecule is Cc1cnc(NN)nc1CO. The first-order valence-corrected chi connectivity index (χ1v) is 3.18. The normalized spacial score (nSPS) is 9.73. The molecule has 5 nitrogen and oxygen atoms in total. The number of hydrazine groups is 1. The van der Waals surface area contributed by atoms with Gasteiger partial charge in [0.25, 0.3) is 0 Å². The number of anilines is 1. The number of aryl methyl sites for hydroxylation is 1. The van der Waals surface area contributed by atoms with Crippen LogP contribution in [0.2, 0.25) is 0 Å². The third kappa shape index (κ3) is 1.63. The Hall–Kier alpha value is -1.20. The van der Waals surface area contributed by atoms with E-state index in [1.54, 1.807) is 6.20 Å². The number of nitrogens with one attached hydrogen (secondary N) is 1. The Morgan fingerprint density at radius 2 is 2.45 bits per heavy atom. The van der Waals surface area contributed by atoms with Gasteiger partial charge in [-0.15, -0.1) is 0 Å². The zero-order chi connectivity index (χ0) is 8.27. The van der Waals surface area contributed by atoms with Gasteiger partial charge < -0.3 is 5.11 Å². The quantitative estimate of drug-likeness (QED) is 0.397. The monoisotopic (exact) mass is 154 g/mol. The molecule has 11 heavy (non-hydrogen) atoms. The number of rotatable bonds is 2. The van der Waals surface area contributed by atoms with Gasteiger partial charge in [0.2, 0.25) is 5.95 Å². The highest BCUT2D eigenvalue weighted by Crippen LogP contribution is 2.04. The van der Waals surface area contributed by atoms with Crippen LogP contribution in [0.5, 0.6) is 0 Å². The molecule has 0 saturated carbocycles. The lowest BCUT2D eigenvalue weighted by Gasteiger charge is -2.02. The average Bonchev–Trinajstić information content (AvgIpc) is 2.05. The van der Waals surface area contributed by atoms with Gasteiger partial charge >= 0.3 is 0 Å². The van der Waals surface area contributed by atoms with Gasteiger partial charge in [-0.1, -0.05) is 0 Å². The molecule has 0 spiro atoms. The molecule has 0 radical (unpaired) electrons. The van der Waals surface area contributed by atoms with Crippen molar-refractivity contribution < 1.29 is 5.11 Å². The van der Waals surface area contributed by atoms with Crippen molar-refractivity contribution in [1.82, 2.24) is 9.97 Å². The second kappa shape index (κ2) is 3.27. The highest BCUT2D eigenvalue weighted by molar-refractivity contribution is 5.26. The van der Waals surface area contributed by atoms with Crippen LogP contribution in [0.3, 0.4) is 0 Å². The summed E-state index contributed by atoms with van der Waals surface area (Å²) in [6, 6.07) is 0. The summed E-state index contributed by atoms with van der Waals surface area (Å²) in [6.07, 6.45) is 1.60. The maximum atomic E-state index is 8.78. The zero-order valence-electron chi connectivity index (χ0n) is 6.20. The molecule has 5 heteroatoms. The lowest BCUT2D eigenvalue weighted by atomic mass is 10.3.